The van der Waals surface area contributed by atoms with Crippen LogP contribution >= 0.6 is 23.2 Å². The lowest BCUT2D eigenvalue weighted by Crippen LogP contribution is -2.35. The van der Waals surface area contributed by atoms with Gasteiger partial charge in [-0.1, -0.05) is 29.3 Å². The molecule has 3 aromatic rings. The van der Waals surface area contributed by atoms with E-state index in [1.165, 1.54) is 23.7 Å². The monoisotopic (exact) mass is 511 g/mol. The van der Waals surface area contributed by atoms with Crippen LogP contribution in [0.3, 0.4) is 0 Å². The van der Waals surface area contributed by atoms with Gasteiger partial charge in [-0.15, -0.1) is 0 Å². The molecule has 1 saturated carbocycles. The summed E-state index contributed by atoms with van der Waals surface area (Å²) in [7, 11) is 1.69. The standard InChI is InChI=1S/C26H27Cl2N5O2/c1-30(14-19-4-6-22(27)23(28)12-19)25(34)16-33-17-29-24-7-5-20(13-21(24)26(33)35)32-10-8-31(9-11-32)15-18-2-3-18/h4-8,10,12-13,17-18H,2-3,9,11,14-16H2,1H3. The predicted octanol–water partition coefficient (Wildman–Crippen LogP) is 4.37. The lowest BCUT2D eigenvalue weighted by Gasteiger charge is -2.31. The van der Waals surface area contributed by atoms with Crippen molar-refractivity contribution in [2.24, 2.45) is 5.92 Å². The molecule has 35 heavy (non-hydrogen) atoms. The molecule has 0 spiro atoms. The van der Waals surface area contributed by atoms with Gasteiger partial charge in [0.15, 0.2) is 0 Å². The first-order valence-electron chi connectivity index (χ1n) is 11.7. The highest BCUT2D eigenvalue weighted by Gasteiger charge is 2.24. The molecule has 182 valence electrons. The van der Waals surface area contributed by atoms with E-state index in [-0.39, 0.29) is 18.0 Å². The maximum absolute atomic E-state index is 13.2. The van der Waals surface area contributed by atoms with Gasteiger partial charge in [0.05, 0.1) is 27.3 Å². The molecule has 1 amide bonds. The van der Waals surface area contributed by atoms with E-state index in [2.05, 4.69) is 27.2 Å². The minimum Gasteiger partial charge on any atom is -0.374 e. The second kappa shape index (κ2) is 9.91. The predicted molar refractivity (Wildman–Crippen MR) is 140 cm³/mol. The van der Waals surface area contributed by atoms with E-state index < -0.39 is 0 Å². The summed E-state index contributed by atoms with van der Waals surface area (Å²) in [6, 6.07) is 11.0. The summed E-state index contributed by atoms with van der Waals surface area (Å²) < 4.78 is 1.36. The van der Waals surface area contributed by atoms with Crippen molar-refractivity contribution >= 4 is 45.7 Å². The number of rotatable bonds is 7. The first kappa shape index (κ1) is 23.7. The summed E-state index contributed by atoms with van der Waals surface area (Å²) >= 11 is 12.1. The number of benzene rings is 2. The number of aromatic nitrogens is 2. The topological polar surface area (TPSA) is 61.7 Å². The fourth-order valence-corrected chi connectivity index (χ4v) is 4.58. The highest BCUT2D eigenvalue weighted by atomic mass is 35.5. The van der Waals surface area contributed by atoms with E-state index in [9.17, 15) is 9.59 Å². The fourth-order valence-electron chi connectivity index (χ4n) is 4.26. The molecule has 7 nitrogen and oxygen atoms in total. The van der Waals surface area contributed by atoms with Crippen LogP contribution in [0.15, 0.2) is 59.9 Å². The largest absolute Gasteiger partial charge is 0.374 e. The molecule has 0 radical (unpaired) electrons. The molecule has 1 fully saturated rings. The Kier molecular flexibility index (Phi) is 6.71. The molecule has 0 N–H and O–H groups in total. The number of hydrogen-bond acceptors (Lipinski definition) is 5. The van der Waals surface area contributed by atoms with Crippen molar-refractivity contribution in [2.75, 3.05) is 31.6 Å². The molecule has 0 saturated heterocycles. The molecular formula is C26H27Cl2N5O2. The Balaban J connectivity index is 1.30. The second-order valence-corrected chi connectivity index (χ2v) is 10.1. The summed E-state index contributed by atoms with van der Waals surface area (Å²) in [5.74, 6) is 0.646. The van der Waals surface area contributed by atoms with Gasteiger partial charge >= 0.3 is 0 Å². The van der Waals surface area contributed by atoms with Crippen molar-refractivity contribution in [3.05, 3.63) is 81.1 Å². The minimum atomic E-state index is -0.232. The van der Waals surface area contributed by atoms with Gasteiger partial charge in [0.2, 0.25) is 5.91 Å². The normalized spacial score (nSPS) is 15.6. The molecule has 2 aliphatic rings. The zero-order valence-electron chi connectivity index (χ0n) is 19.5. The number of hydrogen-bond donors (Lipinski definition) is 0. The van der Waals surface area contributed by atoms with E-state index in [1.54, 1.807) is 24.1 Å². The Morgan fingerprint density at radius 2 is 1.91 bits per heavy atom. The molecule has 1 aliphatic heterocycles. The molecule has 5 rings (SSSR count). The van der Waals surface area contributed by atoms with Gasteiger partial charge in [-0.3, -0.25) is 14.2 Å². The number of amides is 1. The van der Waals surface area contributed by atoms with Crippen molar-refractivity contribution in [3.8, 4) is 0 Å². The van der Waals surface area contributed by atoms with Crippen molar-refractivity contribution in [1.82, 2.24) is 19.4 Å². The number of anilines is 1. The third kappa shape index (κ3) is 5.46. The Labute approximate surface area is 214 Å². The van der Waals surface area contributed by atoms with Crippen molar-refractivity contribution in [2.45, 2.75) is 25.9 Å². The van der Waals surface area contributed by atoms with Crippen LogP contribution in [0.1, 0.15) is 18.4 Å². The number of carbonyl (C=O) groups is 1. The van der Waals surface area contributed by atoms with E-state index in [4.69, 9.17) is 23.2 Å². The average molecular weight is 512 g/mol. The molecule has 9 heteroatoms. The van der Waals surface area contributed by atoms with E-state index in [1.807, 2.05) is 24.3 Å². The molecule has 0 unspecified atom stereocenters. The third-order valence-corrected chi connectivity index (χ3v) is 7.29. The molecule has 2 aromatic carbocycles. The summed E-state index contributed by atoms with van der Waals surface area (Å²) in [6.45, 7) is 3.21. The number of nitrogens with zero attached hydrogens (tertiary/aromatic N) is 5. The summed E-state index contributed by atoms with van der Waals surface area (Å²) in [6.07, 6.45) is 8.32. The second-order valence-electron chi connectivity index (χ2n) is 9.31. The van der Waals surface area contributed by atoms with Crippen LogP contribution in [-0.4, -0.2) is 51.9 Å². The van der Waals surface area contributed by atoms with Crippen molar-refractivity contribution < 1.29 is 4.79 Å². The Morgan fingerprint density at radius 1 is 1.09 bits per heavy atom. The summed E-state index contributed by atoms with van der Waals surface area (Å²) in [4.78, 5) is 36.5. The van der Waals surface area contributed by atoms with Gasteiger partial charge in [-0.2, -0.15) is 0 Å². The molecule has 1 aliphatic carbocycles. The smallest absolute Gasteiger partial charge is 0.261 e. The zero-order chi connectivity index (χ0) is 24.5. The number of fused-ring (bicyclic) bond motifs is 1. The average Bonchev–Trinajstić information content (AvgIpc) is 3.67. The Morgan fingerprint density at radius 3 is 2.63 bits per heavy atom. The van der Waals surface area contributed by atoms with Gasteiger partial charge in [-0.25, -0.2) is 4.98 Å². The van der Waals surface area contributed by atoms with Gasteiger partial charge in [0, 0.05) is 51.3 Å². The van der Waals surface area contributed by atoms with Gasteiger partial charge < -0.3 is 14.7 Å². The number of likely N-dealkylation sites (N-methyl/N-ethyl adjacent to an activating group) is 1. The van der Waals surface area contributed by atoms with Crippen LogP contribution in [0.4, 0.5) is 5.69 Å². The van der Waals surface area contributed by atoms with Crippen LogP contribution in [0, 0.1) is 5.92 Å². The van der Waals surface area contributed by atoms with Gasteiger partial charge in [0.1, 0.15) is 6.54 Å². The quantitative estimate of drug-likeness (QED) is 0.471. The van der Waals surface area contributed by atoms with Gasteiger partial charge in [0.25, 0.3) is 5.56 Å². The summed E-state index contributed by atoms with van der Waals surface area (Å²) in [5, 5.41) is 1.40. The van der Waals surface area contributed by atoms with Crippen LogP contribution in [0.25, 0.3) is 10.9 Å². The highest BCUT2D eigenvalue weighted by Crippen LogP contribution is 2.30. The number of halogens is 2. The first-order valence-corrected chi connectivity index (χ1v) is 12.5. The molecule has 0 atom stereocenters. The van der Waals surface area contributed by atoms with Crippen LogP contribution in [-0.2, 0) is 17.9 Å². The Hall–Kier alpha value is -3.03. The Bertz CT molecular complexity index is 1350. The van der Waals surface area contributed by atoms with Crippen LogP contribution < -0.4 is 10.5 Å². The highest BCUT2D eigenvalue weighted by molar-refractivity contribution is 6.42. The molecular weight excluding hydrogens is 485 g/mol. The van der Waals surface area contributed by atoms with Crippen LogP contribution in [0.2, 0.25) is 10.0 Å². The molecule has 2 heterocycles. The number of carbonyl (C=O) groups excluding carboxylic acids is 1. The molecule has 1 aromatic heterocycles. The lowest BCUT2D eigenvalue weighted by atomic mass is 10.2. The fraction of sp³-hybridized carbons (Fsp3) is 0.346. The van der Waals surface area contributed by atoms with Crippen molar-refractivity contribution in [1.29, 1.82) is 0 Å². The third-order valence-electron chi connectivity index (χ3n) is 6.55. The van der Waals surface area contributed by atoms with E-state index in [0.717, 1.165) is 36.8 Å². The maximum Gasteiger partial charge on any atom is 0.261 e. The minimum absolute atomic E-state index is 0.0937. The molecule has 0 bridgehead atoms. The van der Waals surface area contributed by atoms with E-state index in [0.29, 0.717) is 27.5 Å². The van der Waals surface area contributed by atoms with Gasteiger partial charge in [-0.05, 0) is 54.7 Å². The van der Waals surface area contributed by atoms with E-state index >= 15 is 0 Å². The summed E-state index contributed by atoms with van der Waals surface area (Å²) in [5.41, 5.74) is 2.18. The maximum atomic E-state index is 13.2. The van der Waals surface area contributed by atoms with Crippen LogP contribution in [0.5, 0.6) is 0 Å². The zero-order valence-corrected chi connectivity index (χ0v) is 21.0. The first-order chi connectivity index (χ1) is 16.9. The lowest BCUT2D eigenvalue weighted by molar-refractivity contribution is -0.131. The van der Waals surface area contributed by atoms with Crippen molar-refractivity contribution in [3.63, 3.8) is 0 Å². The SMILES string of the molecule is CN(Cc1ccc(Cl)c(Cl)c1)C(=O)Cn1cnc2ccc(N3C=CN(CC4CC4)CC3)cc2c1=O.